The van der Waals surface area contributed by atoms with E-state index < -0.39 is 0 Å². The number of nitrogens with one attached hydrogen (secondary N) is 1. The molecule has 4 aromatic rings. The van der Waals surface area contributed by atoms with Gasteiger partial charge in [0, 0.05) is 29.1 Å². The van der Waals surface area contributed by atoms with Crippen LogP contribution in [0.1, 0.15) is 32.1 Å². The fourth-order valence-corrected chi connectivity index (χ4v) is 3.58. The summed E-state index contributed by atoms with van der Waals surface area (Å²) in [4.78, 5) is 29.9. The Hall–Kier alpha value is -3.44. The lowest BCUT2D eigenvalue weighted by Gasteiger charge is -2.10. The molecule has 0 saturated heterocycles. The highest BCUT2D eigenvalue weighted by atomic mass is 35.5. The number of fused-ring (bicyclic) bond motifs is 1. The lowest BCUT2D eigenvalue weighted by molar-refractivity contribution is 0.0948. The fourth-order valence-electron chi connectivity index (χ4n) is 3.46. The van der Waals surface area contributed by atoms with Crippen LogP contribution in [0.15, 0.2) is 72.8 Å². The van der Waals surface area contributed by atoms with Gasteiger partial charge in [0.1, 0.15) is 5.82 Å². The van der Waals surface area contributed by atoms with E-state index in [9.17, 15) is 9.59 Å². The van der Waals surface area contributed by atoms with Crippen LogP contribution in [-0.2, 0) is 13.0 Å². The lowest BCUT2D eigenvalue weighted by Crippen LogP contribution is -2.26. The van der Waals surface area contributed by atoms with E-state index in [2.05, 4.69) is 5.32 Å². The number of aryl methyl sites for hydroxylation is 1. The van der Waals surface area contributed by atoms with Gasteiger partial charge in [-0.3, -0.25) is 9.59 Å². The largest absolute Gasteiger partial charge is 0.352 e. The second-order valence-corrected chi connectivity index (χ2v) is 7.84. The van der Waals surface area contributed by atoms with Gasteiger partial charge < -0.3 is 9.88 Å². The summed E-state index contributed by atoms with van der Waals surface area (Å²) in [5.41, 5.74) is 4.05. The molecule has 156 valence electrons. The molecule has 0 aliphatic carbocycles. The SMILES string of the molecule is Cc1ccc(C(=O)NCCc2nc3ccccc3n2CC(=O)c2ccc(Cl)cc2)cc1. The molecule has 1 heterocycles. The van der Waals surface area contributed by atoms with Crippen molar-refractivity contribution in [2.24, 2.45) is 0 Å². The Bertz CT molecular complexity index is 1230. The molecule has 1 N–H and O–H groups in total. The molecule has 0 bridgehead atoms. The Morgan fingerprint density at radius 2 is 1.61 bits per heavy atom. The summed E-state index contributed by atoms with van der Waals surface area (Å²) < 4.78 is 1.92. The average molecular weight is 432 g/mol. The van der Waals surface area contributed by atoms with Gasteiger partial charge in [-0.25, -0.2) is 4.98 Å². The zero-order chi connectivity index (χ0) is 21.8. The molecule has 0 unspecified atom stereocenters. The molecule has 0 atom stereocenters. The quantitative estimate of drug-likeness (QED) is 0.425. The van der Waals surface area contributed by atoms with Crippen LogP contribution in [0.2, 0.25) is 5.02 Å². The standard InChI is InChI=1S/C25H22ClN3O2/c1-17-6-8-19(9-7-17)25(31)27-15-14-24-28-21-4-2-3-5-22(21)29(24)16-23(30)18-10-12-20(26)13-11-18/h2-13H,14-16H2,1H3,(H,27,31). The van der Waals surface area contributed by atoms with Crippen molar-refractivity contribution < 1.29 is 9.59 Å². The third-order valence-corrected chi connectivity index (χ3v) is 5.40. The Labute approximate surface area is 185 Å². The number of benzene rings is 3. The summed E-state index contributed by atoms with van der Waals surface area (Å²) in [5.74, 6) is 0.609. The molecular formula is C25H22ClN3O2. The van der Waals surface area contributed by atoms with Crippen LogP contribution in [-0.4, -0.2) is 27.8 Å². The fraction of sp³-hybridized carbons (Fsp3) is 0.160. The summed E-state index contributed by atoms with van der Waals surface area (Å²) in [7, 11) is 0. The van der Waals surface area contributed by atoms with Crippen LogP contribution < -0.4 is 5.32 Å². The number of Topliss-reactive ketones (excluding diaryl/α,β-unsaturated/α-hetero) is 1. The average Bonchev–Trinajstić information content (AvgIpc) is 3.12. The molecule has 6 heteroatoms. The van der Waals surface area contributed by atoms with E-state index in [4.69, 9.17) is 16.6 Å². The molecule has 0 aliphatic heterocycles. The number of imidazole rings is 1. The first-order valence-corrected chi connectivity index (χ1v) is 10.5. The Kier molecular flexibility index (Phi) is 6.14. The molecule has 0 fully saturated rings. The maximum Gasteiger partial charge on any atom is 0.251 e. The van der Waals surface area contributed by atoms with Crippen molar-refractivity contribution in [2.45, 2.75) is 19.9 Å². The molecule has 1 amide bonds. The third-order valence-electron chi connectivity index (χ3n) is 5.15. The van der Waals surface area contributed by atoms with Crippen molar-refractivity contribution in [2.75, 3.05) is 6.54 Å². The molecule has 3 aromatic carbocycles. The summed E-state index contributed by atoms with van der Waals surface area (Å²) in [5, 5.41) is 3.53. The van der Waals surface area contributed by atoms with Gasteiger partial charge in [-0.1, -0.05) is 41.4 Å². The maximum absolute atomic E-state index is 12.9. The van der Waals surface area contributed by atoms with Crippen LogP contribution in [0, 0.1) is 6.92 Å². The number of nitrogens with zero attached hydrogens (tertiary/aromatic N) is 2. The minimum atomic E-state index is -0.125. The van der Waals surface area contributed by atoms with Gasteiger partial charge in [-0.2, -0.15) is 0 Å². The predicted molar refractivity (Wildman–Crippen MR) is 123 cm³/mol. The first-order valence-electron chi connectivity index (χ1n) is 10.1. The van der Waals surface area contributed by atoms with Gasteiger partial charge >= 0.3 is 0 Å². The second-order valence-electron chi connectivity index (χ2n) is 7.40. The monoisotopic (exact) mass is 431 g/mol. The van der Waals surface area contributed by atoms with Gasteiger partial charge in [0.05, 0.1) is 17.6 Å². The summed E-state index contributed by atoms with van der Waals surface area (Å²) >= 11 is 5.94. The zero-order valence-corrected chi connectivity index (χ0v) is 17.9. The van der Waals surface area contributed by atoms with Crippen molar-refractivity contribution >= 4 is 34.3 Å². The molecule has 0 saturated carbocycles. The topological polar surface area (TPSA) is 64.0 Å². The van der Waals surface area contributed by atoms with E-state index in [0.717, 1.165) is 22.4 Å². The Morgan fingerprint density at radius 3 is 2.35 bits per heavy atom. The molecule has 4 rings (SSSR count). The number of ketones is 1. The minimum absolute atomic E-state index is 0.0234. The number of aromatic nitrogens is 2. The number of para-hydroxylation sites is 2. The van der Waals surface area contributed by atoms with Gasteiger partial charge in [-0.15, -0.1) is 0 Å². The number of amides is 1. The highest BCUT2D eigenvalue weighted by Crippen LogP contribution is 2.18. The predicted octanol–water partition coefficient (Wildman–Crippen LogP) is 4.85. The van der Waals surface area contributed by atoms with Crippen molar-refractivity contribution in [3.8, 4) is 0 Å². The molecule has 5 nitrogen and oxygen atoms in total. The van der Waals surface area contributed by atoms with Gasteiger partial charge in [0.2, 0.25) is 0 Å². The number of hydrogen-bond donors (Lipinski definition) is 1. The van der Waals surface area contributed by atoms with Crippen LogP contribution in [0.4, 0.5) is 0 Å². The highest BCUT2D eigenvalue weighted by Gasteiger charge is 2.15. The number of carbonyl (C=O) groups excluding carboxylic acids is 2. The van der Waals surface area contributed by atoms with E-state index in [-0.39, 0.29) is 18.2 Å². The van der Waals surface area contributed by atoms with Gasteiger partial charge in [0.25, 0.3) is 5.91 Å². The van der Waals surface area contributed by atoms with E-state index >= 15 is 0 Å². The van der Waals surface area contributed by atoms with Crippen molar-refractivity contribution in [3.63, 3.8) is 0 Å². The van der Waals surface area contributed by atoms with Gasteiger partial charge in [-0.05, 0) is 55.5 Å². The van der Waals surface area contributed by atoms with Gasteiger partial charge in [0.15, 0.2) is 5.78 Å². The number of rotatable bonds is 7. The van der Waals surface area contributed by atoms with Crippen LogP contribution in [0.25, 0.3) is 11.0 Å². The Morgan fingerprint density at radius 1 is 0.935 bits per heavy atom. The van der Waals surface area contributed by atoms with Crippen molar-refractivity contribution in [3.05, 3.63) is 100 Å². The van der Waals surface area contributed by atoms with Crippen molar-refractivity contribution in [1.29, 1.82) is 0 Å². The number of hydrogen-bond acceptors (Lipinski definition) is 3. The maximum atomic E-state index is 12.9. The highest BCUT2D eigenvalue weighted by molar-refractivity contribution is 6.30. The molecular weight excluding hydrogens is 410 g/mol. The third kappa shape index (κ3) is 4.84. The van der Waals surface area contributed by atoms with E-state index in [1.165, 1.54) is 0 Å². The van der Waals surface area contributed by atoms with Crippen LogP contribution in [0.3, 0.4) is 0 Å². The van der Waals surface area contributed by atoms with E-state index in [1.54, 1.807) is 24.3 Å². The summed E-state index contributed by atoms with van der Waals surface area (Å²) in [6, 6.07) is 22.0. The van der Waals surface area contributed by atoms with Crippen LogP contribution in [0.5, 0.6) is 0 Å². The minimum Gasteiger partial charge on any atom is -0.352 e. The second kappa shape index (κ2) is 9.14. The molecule has 0 spiro atoms. The smallest absolute Gasteiger partial charge is 0.251 e. The number of carbonyl (C=O) groups is 2. The normalized spacial score (nSPS) is 10.9. The number of halogens is 1. The first kappa shape index (κ1) is 20.8. The zero-order valence-electron chi connectivity index (χ0n) is 17.1. The molecule has 0 aliphatic rings. The molecule has 31 heavy (non-hydrogen) atoms. The first-order chi connectivity index (χ1) is 15.0. The van der Waals surface area contributed by atoms with Crippen LogP contribution >= 0.6 is 11.6 Å². The van der Waals surface area contributed by atoms with Crippen molar-refractivity contribution in [1.82, 2.24) is 14.9 Å². The Balaban J connectivity index is 1.50. The van der Waals surface area contributed by atoms with E-state index in [1.807, 2.05) is 60.0 Å². The molecule has 0 radical (unpaired) electrons. The lowest BCUT2D eigenvalue weighted by atomic mass is 10.1. The summed E-state index contributed by atoms with van der Waals surface area (Å²) in [6.45, 7) is 2.58. The van der Waals surface area contributed by atoms with E-state index in [0.29, 0.717) is 29.1 Å². The molecule has 1 aromatic heterocycles. The summed E-state index contributed by atoms with van der Waals surface area (Å²) in [6.07, 6.45) is 0.514.